The number of fused-ring (bicyclic) bond motifs is 1. The molecule has 0 amide bonds. The molecular weight excluding hydrogens is 300 g/mol. The van der Waals surface area contributed by atoms with Crippen molar-refractivity contribution in [1.82, 2.24) is 9.97 Å². The summed E-state index contributed by atoms with van der Waals surface area (Å²) < 4.78 is 11.4. The molecule has 3 aromatic rings. The molecule has 1 N–H and O–H groups in total. The van der Waals surface area contributed by atoms with Gasteiger partial charge in [-0.3, -0.25) is 0 Å². The van der Waals surface area contributed by atoms with Crippen LogP contribution in [0, 0.1) is 0 Å². The fourth-order valence-electron chi connectivity index (χ4n) is 2.73. The van der Waals surface area contributed by atoms with E-state index in [2.05, 4.69) is 16.9 Å². The van der Waals surface area contributed by atoms with Gasteiger partial charge in [0.05, 0.1) is 24.8 Å². The Bertz CT molecular complexity index is 762. The van der Waals surface area contributed by atoms with Crippen molar-refractivity contribution >= 4 is 11.0 Å². The minimum atomic E-state index is 0.723. The summed E-state index contributed by atoms with van der Waals surface area (Å²) in [5.74, 6) is 2.36. The molecule has 0 saturated carbocycles. The standard InChI is InChI=1S/C20H24N2O2/c1-3-4-5-8-13-24-18-12-11-15(14-19(18)23-2)20-21-16-9-6-7-10-17(16)22-20/h6-7,9-12,14H,3-5,8,13H2,1-2H3,(H,21,22). The minimum absolute atomic E-state index is 0.723. The third-order valence-corrected chi connectivity index (χ3v) is 4.08. The van der Waals surface area contributed by atoms with Crippen LogP contribution in [-0.2, 0) is 0 Å². The topological polar surface area (TPSA) is 47.1 Å². The van der Waals surface area contributed by atoms with Crippen molar-refractivity contribution in [2.45, 2.75) is 32.6 Å². The van der Waals surface area contributed by atoms with Crippen molar-refractivity contribution < 1.29 is 9.47 Å². The minimum Gasteiger partial charge on any atom is -0.493 e. The first-order valence-corrected chi connectivity index (χ1v) is 8.57. The molecule has 126 valence electrons. The molecule has 0 radical (unpaired) electrons. The number of benzene rings is 2. The third kappa shape index (κ3) is 3.70. The zero-order chi connectivity index (χ0) is 16.8. The van der Waals surface area contributed by atoms with Gasteiger partial charge in [0.2, 0.25) is 0 Å². The Morgan fingerprint density at radius 2 is 1.88 bits per heavy atom. The first kappa shape index (κ1) is 16.4. The second-order valence-corrected chi connectivity index (χ2v) is 5.88. The molecule has 4 nitrogen and oxygen atoms in total. The molecule has 1 heterocycles. The predicted octanol–water partition coefficient (Wildman–Crippen LogP) is 5.20. The van der Waals surface area contributed by atoms with Gasteiger partial charge in [0.25, 0.3) is 0 Å². The van der Waals surface area contributed by atoms with E-state index in [1.165, 1.54) is 19.3 Å². The van der Waals surface area contributed by atoms with E-state index in [4.69, 9.17) is 9.47 Å². The first-order chi connectivity index (χ1) is 11.8. The average molecular weight is 324 g/mol. The van der Waals surface area contributed by atoms with Crippen molar-refractivity contribution in [3.8, 4) is 22.9 Å². The van der Waals surface area contributed by atoms with E-state index in [9.17, 15) is 0 Å². The highest BCUT2D eigenvalue weighted by Crippen LogP contribution is 2.32. The number of imidazole rings is 1. The highest BCUT2D eigenvalue weighted by Gasteiger charge is 2.10. The van der Waals surface area contributed by atoms with E-state index in [1.54, 1.807) is 7.11 Å². The van der Waals surface area contributed by atoms with Gasteiger partial charge in [0.1, 0.15) is 5.82 Å². The Balaban J connectivity index is 1.75. The molecule has 24 heavy (non-hydrogen) atoms. The molecular formula is C20H24N2O2. The molecule has 0 aliphatic rings. The van der Waals surface area contributed by atoms with Gasteiger partial charge in [-0.1, -0.05) is 38.3 Å². The number of ether oxygens (including phenoxy) is 2. The number of H-pyrrole nitrogens is 1. The van der Waals surface area contributed by atoms with Crippen LogP contribution in [0.3, 0.4) is 0 Å². The highest BCUT2D eigenvalue weighted by molar-refractivity contribution is 5.79. The van der Waals surface area contributed by atoms with E-state index in [0.717, 1.165) is 46.9 Å². The Labute approximate surface area is 142 Å². The number of methoxy groups -OCH3 is 1. The van der Waals surface area contributed by atoms with Gasteiger partial charge in [-0.2, -0.15) is 0 Å². The molecule has 2 aromatic carbocycles. The summed E-state index contributed by atoms with van der Waals surface area (Å²) in [6.45, 7) is 2.93. The maximum Gasteiger partial charge on any atom is 0.161 e. The fourth-order valence-corrected chi connectivity index (χ4v) is 2.73. The van der Waals surface area contributed by atoms with E-state index in [0.29, 0.717) is 0 Å². The number of nitrogens with zero attached hydrogens (tertiary/aromatic N) is 1. The Hall–Kier alpha value is -2.49. The molecule has 0 atom stereocenters. The smallest absolute Gasteiger partial charge is 0.161 e. The summed E-state index contributed by atoms with van der Waals surface area (Å²) in [6, 6.07) is 14.0. The number of unbranched alkanes of at least 4 members (excludes halogenated alkanes) is 3. The quantitative estimate of drug-likeness (QED) is 0.579. The molecule has 0 saturated heterocycles. The van der Waals surface area contributed by atoms with Crippen molar-refractivity contribution in [3.63, 3.8) is 0 Å². The summed E-state index contributed by atoms with van der Waals surface area (Å²) in [7, 11) is 1.67. The molecule has 0 unspecified atom stereocenters. The maximum absolute atomic E-state index is 5.87. The van der Waals surface area contributed by atoms with Gasteiger partial charge in [-0.05, 0) is 36.8 Å². The Kier molecular flexibility index (Phi) is 5.36. The number of nitrogens with one attached hydrogen (secondary N) is 1. The normalized spacial score (nSPS) is 10.9. The lowest BCUT2D eigenvalue weighted by Gasteiger charge is -2.11. The highest BCUT2D eigenvalue weighted by atomic mass is 16.5. The molecule has 0 aliphatic heterocycles. The molecule has 1 aromatic heterocycles. The molecule has 0 fully saturated rings. The van der Waals surface area contributed by atoms with E-state index in [-0.39, 0.29) is 0 Å². The lowest BCUT2D eigenvalue weighted by molar-refractivity contribution is 0.285. The van der Waals surface area contributed by atoms with Crippen LogP contribution >= 0.6 is 0 Å². The number of aromatic amines is 1. The molecule has 3 rings (SSSR count). The predicted molar refractivity (Wildman–Crippen MR) is 97.7 cm³/mol. The van der Waals surface area contributed by atoms with Crippen molar-refractivity contribution in [1.29, 1.82) is 0 Å². The van der Waals surface area contributed by atoms with Crippen LogP contribution in [0.25, 0.3) is 22.4 Å². The van der Waals surface area contributed by atoms with Crippen molar-refractivity contribution in [2.75, 3.05) is 13.7 Å². The summed E-state index contributed by atoms with van der Waals surface area (Å²) >= 11 is 0. The van der Waals surface area contributed by atoms with Gasteiger partial charge in [0, 0.05) is 5.56 Å². The Morgan fingerprint density at radius 1 is 1.00 bits per heavy atom. The van der Waals surface area contributed by atoms with Gasteiger partial charge in [0.15, 0.2) is 11.5 Å². The van der Waals surface area contributed by atoms with Crippen LogP contribution in [0.2, 0.25) is 0 Å². The van der Waals surface area contributed by atoms with Gasteiger partial charge in [-0.15, -0.1) is 0 Å². The summed E-state index contributed by atoms with van der Waals surface area (Å²) in [5.41, 5.74) is 2.98. The summed E-state index contributed by atoms with van der Waals surface area (Å²) in [5, 5.41) is 0. The van der Waals surface area contributed by atoms with E-state index >= 15 is 0 Å². The zero-order valence-electron chi connectivity index (χ0n) is 14.3. The lowest BCUT2D eigenvalue weighted by Crippen LogP contribution is -1.99. The van der Waals surface area contributed by atoms with Crippen LogP contribution in [-0.4, -0.2) is 23.7 Å². The number of aromatic nitrogens is 2. The van der Waals surface area contributed by atoms with E-state index < -0.39 is 0 Å². The fraction of sp³-hybridized carbons (Fsp3) is 0.350. The summed E-state index contributed by atoms with van der Waals surface area (Å²) in [4.78, 5) is 7.97. The first-order valence-electron chi connectivity index (χ1n) is 8.57. The molecule has 0 bridgehead atoms. The monoisotopic (exact) mass is 324 g/mol. The second kappa shape index (κ2) is 7.86. The third-order valence-electron chi connectivity index (χ3n) is 4.08. The SMILES string of the molecule is CCCCCCOc1ccc(-c2nc3ccccc3[nH]2)cc1OC. The van der Waals surface area contributed by atoms with Crippen molar-refractivity contribution in [3.05, 3.63) is 42.5 Å². The second-order valence-electron chi connectivity index (χ2n) is 5.88. The summed E-state index contributed by atoms with van der Waals surface area (Å²) in [6.07, 6.45) is 4.76. The lowest BCUT2D eigenvalue weighted by atomic mass is 10.2. The van der Waals surface area contributed by atoms with Gasteiger partial charge >= 0.3 is 0 Å². The van der Waals surface area contributed by atoms with Gasteiger partial charge < -0.3 is 14.5 Å². The average Bonchev–Trinajstić information content (AvgIpc) is 3.05. The van der Waals surface area contributed by atoms with Crippen LogP contribution < -0.4 is 9.47 Å². The van der Waals surface area contributed by atoms with Crippen LogP contribution in [0.15, 0.2) is 42.5 Å². The number of para-hydroxylation sites is 2. The Morgan fingerprint density at radius 3 is 2.67 bits per heavy atom. The van der Waals surface area contributed by atoms with Crippen LogP contribution in [0.1, 0.15) is 32.6 Å². The van der Waals surface area contributed by atoms with E-state index in [1.807, 2.05) is 42.5 Å². The van der Waals surface area contributed by atoms with Crippen LogP contribution in [0.4, 0.5) is 0 Å². The maximum atomic E-state index is 5.87. The zero-order valence-corrected chi connectivity index (χ0v) is 14.3. The molecule has 4 heteroatoms. The van der Waals surface area contributed by atoms with Crippen LogP contribution in [0.5, 0.6) is 11.5 Å². The molecule has 0 spiro atoms. The van der Waals surface area contributed by atoms with Crippen molar-refractivity contribution in [2.24, 2.45) is 0 Å². The largest absolute Gasteiger partial charge is 0.493 e. The molecule has 0 aliphatic carbocycles. The van der Waals surface area contributed by atoms with Gasteiger partial charge in [-0.25, -0.2) is 4.98 Å². The number of hydrogen-bond donors (Lipinski definition) is 1. The number of rotatable bonds is 8. The number of hydrogen-bond acceptors (Lipinski definition) is 3.